The van der Waals surface area contributed by atoms with Crippen molar-refractivity contribution in [1.29, 1.82) is 0 Å². The Morgan fingerprint density at radius 3 is 0.890 bits per heavy atom. The molecule has 0 saturated carbocycles. The van der Waals surface area contributed by atoms with Crippen LogP contribution < -0.4 is 49.1 Å². The molecule has 18 heteroatoms. The number of amides is 6. The fourth-order valence-electron chi connectivity index (χ4n) is 8.30. The average Bonchev–Trinajstić information content (AvgIpc) is 4.21. The van der Waals surface area contributed by atoms with Crippen molar-refractivity contribution in [3.8, 4) is 0 Å². The molecule has 15 nitrogen and oxygen atoms in total. The minimum absolute atomic E-state index is 0.176. The van der Waals surface area contributed by atoms with Crippen LogP contribution in [0.25, 0.3) is 0 Å². The van der Waals surface area contributed by atoms with Gasteiger partial charge in [0.1, 0.15) is 18.1 Å². The first-order valence-electron chi connectivity index (χ1n) is 24.8. The maximum atomic E-state index is 13.7. The Morgan fingerprint density at radius 2 is 0.658 bits per heavy atom. The van der Waals surface area contributed by atoms with Crippen LogP contribution in [0.1, 0.15) is 97.1 Å². The zero-order valence-electron chi connectivity index (χ0n) is 40.9. The molecule has 0 aliphatic heterocycles. The smallest absolute Gasteiger partial charge is 0.246 e. The molecule has 12 N–H and O–H groups in total. The number of thiophene rings is 3. The van der Waals surface area contributed by atoms with Gasteiger partial charge in [0.2, 0.25) is 35.4 Å². The highest BCUT2D eigenvalue weighted by Gasteiger charge is 2.25. The standard InChI is InChI=1S/C55H67N9O6S3/c56-25-4-1-7-46(62-49(65)31-37-22-28-71-34-37)53(68)59-43-16-10-40(11-17-43)52(41-12-18-44(19-13-41)60-54(69)47(8-2-5-26-57)63-50(66)32-38-23-29-72-35-38)42-14-20-45(21-15-42)61-55(70)48(9-3-6-27-58)64-51(67)33-39-24-30-73-36-39/h10-24,28-30,34-36,46-48,52H,1-9,25-27,31-33,56-58H2,(H,59,68)(H,60,69)(H,61,70)(H,62,65)(H,63,66)(H,64,67)/t46-,47-,48+/m1/s1. The fourth-order valence-corrected chi connectivity index (χ4v) is 10.3. The molecule has 0 saturated heterocycles. The Hall–Kier alpha value is -6.54. The summed E-state index contributed by atoms with van der Waals surface area (Å²) >= 11 is 4.53. The third-order valence-corrected chi connectivity index (χ3v) is 14.4. The van der Waals surface area contributed by atoms with Crippen LogP contribution in [0.5, 0.6) is 0 Å². The van der Waals surface area contributed by atoms with E-state index in [1.165, 1.54) is 34.0 Å². The van der Waals surface area contributed by atoms with Crippen LogP contribution >= 0.6 is 34.0 Å². The molecule has 3 aromatic heterocycles. The highest BCUT2D eigenvalue weighted by Crippen LogP contribution is 2.34. The predicted molar refractivity (Wildman–Crippen MR) is 295 cm³/mol. The largest absolute Gasteiger partial charge is 0.344 e. The molecule has 0 aliphatic rings. The minimum atomic E-state index is -0.754. The van der Waals surface area contributed by atoms with Crippen LogP contribution in [0.15, 0.2) is 123 Å². The first-order chi connectivity index (χ1) is 35.5. The molecule has 73 heavy (non-hydrogen) atoms. The summed E-state index contributed by atoms with van der Waals surface area (Å²) in [5, 5.41) is 29.2. The van der Waals surface area contributed by atoms with Crippen molar-refractivity contribution in [3.05, 3.63) is 157 Å². The van der Waals surface area contributed by atoms with E-state index in [4.69, 9.17) is 17.2 Å². The van der Waals surface area contributed by atoms with E-state index >= 15 is 0 Å². The molecule has 3 aromatic carbocycles. The van der Waals surface area contributed by atoms with Gasteiger partial charge in [0, 0.05) is 23.0 Å². The lowest BCUT2D eigenvalue weighted by molar-refractivity contribution is -0.126. The van der Waals surface area contributed by atoms with Crippen LogP contribution in [0.3, 0.4) is 0 Å². The third kappa shape index (κ3) is 18.5. The monoisotopic (exact) mass is 1050 g/mol. The number of carbonyl (C=O) groups is 6. The quantitative estimate of drug-likeness (QED) is 0.0160. The minimum Gasteiger partial charge on any atom is -0.344 e. The van der Waals surface area contributed by atoms with Crippen LogP contribution in [0, 0.1) is 0 Å². The molecule has 6 aromatic rings. The zero-order chi connectivity index (χ0) is 51.8. The molecule has 6 rings (SSSR count). The maximum Gasteiger partial charge on any atom is 0.246 e. The summed E-state index contributed by atoms with van der Waals surface area (Å²) in [5.74, 6) is -2.05. The number of unbranched alkanes of at least 4 members (excludes halogenated alkanes) is 3. The van der Waals surface area contributed by atoms with Gasteiger partial charge < -0.3 is 49.1 Å². The Bertz CT molecular complexity index is 2340. The summed E-state index contributed by atoms with van der Waals surface area (Å²) in [5.41, 5.74) is 24.2. The lowest BCUT2D eigenvalue weighted by Gasteiger charge is -2.22. The fraction of sp³-hybridized carbons (Fsp3) is 0.345. The summed E-state index contributed by atoms with van der Waals surface area (Å²) in [6, 6.07) is 25.9. The summed E-state index contributed by atoms with van der Waals surface area (Å²) in [6.07, 6.45) is 5.99. The van der Waals surface area contributed by atoms with E-state index in [2.05, 4.69) is 31.9 Å². The van der Waals surface area contributed by atoms with Crippen LogP contribution in [0.2, 0.25) is 0 Å². The Balaban J connectivity index is 1.21. The van der Waals surface area contributed by atoms with Gasteiger partial charge in [-0.15, -0.1) is 0 Å². The van der Waals surface area contributed by atoms with Gasteiger partial charge in [0.15, 0.2) is 0 Å². The molecule has 6 amide bonds. The molecular formula is C55H67N9O6S3. The summed E-state index contributed by atoms with van der Waals surface area (Å²) < 4.78 is 0. The lowest BCUT2D eigenvalue weighted by Crippen LogP contribution is -2.44. The molecule has 0 spiro atoms. The summed E-state index contributed by atoms with van der Waals surface area (Å²) in [6.45, 7) is 1.44. The van der Waals surface area contributed by atoms with Gasteiger partial charge in [0.05, 0.1) is 19.3 Å². The molecule has 3 atom stereocenters. The van der Waals surface area contributed by atoms with Gasteiger partial charge >= 0.3 is 0 Å². The number of nitrogens with two attached hydrogens (primary N) is 3. The molecule has 0 bridgehead atoms. The van der Waals surface area contributed by atoms with E-state index in [0.717, 1.165) is 52.6 Å². The Morgan fingerprint density at radius 1 is 0.384 bits per heavy atom. The molecule has 0 unspecified atom stereocenters. The van der Waals surface area contributed by atoms with Gasteiger partial charge in [-0.2, -0.15) is 34.0 Å². The molecular weight excluding hydrogens is 979 g/mol. The van der Waals surface area contributed by atoms with E-state index in [-0.39, 0.29) is 60.6 Å². The van der Waals surface area contributed by atoms with Crippen LogP contribution in [0.4, 0.5) is 17.1 Å². The number of nitrogens with one attached hydrogen (secondary N) is 6. The second kappa shape index (κ2) is 29.8. The molecule has 3 heterocycles. The number of anilines is 3. The molecule has 0 aliphatic carbocycles. The number of benzene rings is 3. The highest BCUT2D eigenvalue weighted by atomic mass is 32.1. The molecule has 386 valence electrons. The van der Waals surface area contributed by atoms with Gasteiger partial charge in [0.25, 0.3) is 0 Å². The summed E-state index contributed by atoms with van der Waals surface area (Å²) in [4.78, 5) is 80.1. The highest BCUT2D eigenvalue weighted by molar-refractivity contribution is 7.08. The van der Waals surface area contributed by atoms with E-state index in [0.29, 0.717) is 75.2 Å². The van der Waals surface area contributed by atoms with Crippen molar-refractivity contribution < 1.29 is 28.8 Å². The van der Waals surface area contributed by atoms with Crippen molar-refractivity contribution in [2.24, 2.45) is 17.2 Å². The average molecular weight is 1050 g/mol. The number of rotatable bonds is 30. The first-order valence-corrected chi connectivity index (χ1v) is 27.6. The normalized spacial score (nSPS) is 12.3. The molecule has 0 radical (unpaired) electrons. The van der Waals surface area contributed by atoms with Crippen molar-refractivity contribution in [3.63, 3.8) is 0 Å². The first kappa shape index (κ1) is 55.8. The van der Waals surface area contributed by atoms with Gasteiger partial charge in [-0.1, -0.05) is 36.4 Å². The number of hydrogen-bond donors (Lipinski definition) is 9. The van der Waals surface area contributed by atoms with Gasteiger partial charge in [-0.25, -0.2) is 0 Å². The van der Waals surface area contributed by atoms with Crippen molar-refractivity contribution in [1.82, 2.24) is 16.0 Å². The van der Waals surface area contributed by atoms with E-state index in [1.807, 2.05) is 123 Å². The van der Waals surface area contributed by atoms with E-state index in [9.17, 15) is 28.8 Å². The zero-order valence-corrected chi connectivity index (χ0v) is 43.4. The third-order valence-electron chi connectivity index (χ3n) is 12.2. The predicted octanol–water partition coefficient (Wildman–Crippen LogP) is 7.44. The van der Waals surface area contributed by atoms with E-state index < -0.39 is 18.1 Å². The second-order valence-electron chi connectivity index (χ2n) is 17.9. The second-order valence-corrected chi connectivity index (χ2v) is 20.2. The summed E-state index contributed by atoms with van der Waals surface area (Å²) in [7, 11) is 0. The van der Waals surface area contributed by atoms with Crippen molar-refractivity contribution >= 4 is 86.5 Å². The molecule has 0 fully saturated rings. The lowest BCUT2D eigenvalue weighted by atomic mass is 9.85. The Kier molecular flexibility index (Phi) is 22.8. The van der Waals surface area contributed by atoms with Crippen LogP contribution in [-0.4, -0.2) is 73.2 Å². The van der Waals surface area contributed by atoms with E-state index in [1.54, 1.807) is 0 Å². The van der Waals surface area contributed by atoms with Gasteiger partial charge in [-0.3, -0.25) is 28.8 Å². The van der Waals surface area contributed by atoms with Crippen molar-refractivity contribution in [2.45, 2.75) is 101 Å². The van der Waals surface area contributed by atoms with Crippen molar-refractivity contribution in [2.75, 3.05) is 35.6 Å². The maximum absolute atomic E-state index is 13.7. The number of carbonyl (C=O) groups excluding carboxylic acids is 6. The number of hydrogen-bond acceptors (Lipinski definition) is 12. The topological polar surface area (TPSA) is 253 Å². The van der Waals surface area contributed by atoms with Crippen LogP contribution in [-0.2, 0) is 48.0 Å². The SMILES string of the molecule is NCCCC[C@H](NC(=O)Cc1ccsc1)C(=O)Nc1ccc(C(c2ccc(NC(=O)[C@@H](CCCCN)NC(=O)Cc3ccsc3)cc2)c2ccc(NC(=O)[C@@H](CCCCN)NC(=O)Cc3ccsc3)cc2)cc1. The van der Waals surface area contributed by atoms with Gasteiger partial charge in [-0.05, 0) is 198 Å². The Labute approximate surface area is 439 Å².